The summed E-state index contributed by atoms with van der Waals surface area (Å²) in [5.41, 5.74) is 5.90. The van der Waals surface area contributed by atoms with Crippen LogP contribution in [0.15, 0.2) is 72.8 Å². The molecular weight excluding hydrogens is 362 g/mol. The van der Waals surface area contributed by atoms with Gasteiger partial charge in [-0.05, 0) is 49.6 Å². The standard InChI is InChI=1S/C25H27NO3/c1-17-13-18(2)15-22(14-17)24(27)26(3)23(25(28)29)16-19-9-11-21(12-10-19)20-7-5-4-6-8-20/h4-15,23-24,27H,16H2,1-3H3,(H,28,29). The molecule has 3 rings (SSSR count). The number of aliphatic hydroxyl groups excluding tert-OH is 1. The molecule has 0 bridgehead atoms. The number of carboxylic acid groups (broad SMARTS) is 1. The van der Waals surface area contributed by atoms with E-state index in [9.17, 15) is 15.0 Å². The first-order chi connectivity index (χ1) is 13.8. The maximum absolute atomic E-state index is 12.0. The number of rotatable bonds is 7. The van der Waals surface area contributed by atoms with E-state index in [-0.39, 0.29) is 0 Å². The van der Waals surface area contributed by atoms with Crippen molar-refractivity contribution in [3.8, 4) is 11.1 Å². The second-order valence-corrected chi connectivity index (χ2v) is 7.58. The lowest BCUT2D eigenvalue weighted by Crippen LogP contribution is -2.42. The quantitative estimate of drug-likeness (QED) is 0.580. The number of benzene rings is 3. The van der Waals surface area contributed by atoms with Gasteiger partial charge in [-0.25, -0.2) is 0 Å². The highest BCUT2D eigenvalue weighted by molar-refractivity contribution is 5.74. The lowest BCUT2D eigenvalue weighted by Gasteiger charge is -2.30. The Kier molecular flexibility index (Phi) is 6.47. The molecule has 0 aliphatic rings. The van der Waals surface area contributed by atoms with Crippen LogP contribution in [0.3, 0.4) is 0 Å². The number of likely N-dealkylation sites (N-methyl/N-ethyl adjacent to an activating group) is 1. The van der Waals surface area contributed by atoms with Crippen molar-refractivity contribution in [2.45, 2.75) is 32.5 Å². The van der Waals surface area contributed by atoms with Crippen LogP contribution >= 0.6 is 0 Å². The molecule has 0 aliphatic carbocycles. The van der Waals surface area contributed by atoms with Gasteiger partial charge >= 0.3 is 5.97 Å². The smallest absolute Gasteiger partial charge is 0.321 e. The maximum Gasteiger partial charge on any atom is 0.321 e. The lowest BCUT2D eigenvalue weighted by atomic mass is 9.99. The molecule has 0 saturated heterocycles. The molecule has 2 N–H and O–H groups in total. The molecule has 0 saturated carbocycles. The van der Waals surface area contributed by atoms with Crippen LogP contribution in [-0.4, -0.2) is 34.2 Å². The van der Waals surface area contributed by atoms with Crippen LogP contribution in [0, 0.1) is 13.8 Å². The van der Waals surface area contributed by atoms with Crippen LogP contribution in [0.4, 0.5) is 0 Å². The Morgan fingerprint density at radius 1 is 0.897 bits per heavy atom. The highest BCUT2D eigenvalue weighted by Crippen LogP contribution is 2.24. The summed E-state index contributed by atoms with van der Waals surface area (Å²) in [6.07, 6.45) is -0.679. The number of hydrogen-bond acceptors (Lipinski definition) is 3. The molecule has 0 radical (unpaired) electrons. The first-order valence-electron chi connectivity index (χ1n) is 9.70. The van der Waals surface area contributed by atoms with E-state index in [4.69, 9.17) is 0 Å². The fourth-order valence-electron chi connectivity index (χ4n) is 3.66. The van der Waals surface area contributed by atoms with Crippen LogP contribution in [-0.2, 0) is 11.2 Å². The molecule has 4 heteroatoms. The molecule has 0 fully saturated rings. The number of aliphatic hydroxyl groups is 1. The predicted molar refractivity (Wildman–Crippen MR) is 116 cm³/mol. The normalized spacial score (nSPS) is 13.3. The second kappa shape index (κ2) is 9.03. The van der Waals surface area contributed by atoms with Gasteiger partial charge in [0.1, 0.15) is 12.3 Å². The van der Waals surface area contributed by atoms with Crippen molar-refractivity contribution < 1.29 is 15.0 Å². The summed E-state index contributed by atoms with van der Waals surface area (Å²) in [4.78, 5) is 13.5. The number of aryl methyl sites for hydroxylation is 2. The van der Waals surface area contributed by atoms with Crippen molar-refractivity contribution >= 4 is 5.97 Å². The average Bonchev–Trinajstić information content (AvgIpc) is 2.71. The number of nitrogens with zero attached hydrogens (tertiary/aromatic N) is 1. The van der Waals surface area contributed by atoms with E-state index in [1.54, 1.807) is 7.05 Å². The van der Waals surface area contributed by atoms with E-state index in [1.165, 1.54) is 4.90 Å². The Labute approximate surface area is 172 Å². The summed E-state index contributed by atoms with van der Waals surface area (Å²) in [5.74, 6) is -0.955. The van der Waals surface area contributed by atoms with Gasteiger partial charge < -0.3 is 10.2 Å². The third-order valence-corrected chi connectivity index (χ3v) is 5.19. The van der Waals surface area contributed by atoms with Gasteiger partial charge in [0, 0.05) is 0 Å². The predicted octanol–water partition coefficient (Wildman–Crippen LogP) is 4.59. The van der Waals surface area contributed by atoms with E-state index in [0.29, 0.717) is 12.0 Å². The van der Waals surface area contributed by atoms with Gasteiger partial charge in [-0.1, -0.05) is 83.9 Å². The van der Waals surface area contributed by atoms with Gasteiger partial charge in [0.25, 0.3) is 0 Å². The zero-order valence-electron chi connectivity index (χ0n) is 17.0. The second-order valence-electron chi connectivity index (χ2n) is 7.58. The van der Waals surface area contributed by atoms with Gasteiger partial charge in [-0.3, -0.25) is 9.69 Å². The minimum Gasteiger partial charge on any atom is -0.480 e. The summed E-state index contributed by atoms with van der Waals surface area (Å²) in [5, 5.41) is 20.6. The van der Waals surface area contributed by atoms with Crippen molar-refractivity contribution in [3.63, 3.8) is 0 Å². The van der Waals surface area contributed by atoms with Crippen molar-refractivity contribution in [1.29, 1.82) is 0 Å². The van der Waals surface area contributed by atoms with E-state index < -0.39 is 18.2 Å². The zero-order valence-corrected chi connectivity index (χ0v) is 17.0. The topological polar surface area (TPSA) is 60.8 Å². The van der Waals surface area contributed by atoms with Crippen molar-refractivity contribution in [2.75, 3.05) is 7.05 Å². The number of carboxylic acids is 1. The summed E-state index contributed by atoms with van der Waals surface area (Å²) in [6.45, 7) is 3.93. The Morgan fingerprint density at radius 3 is 2.00 bits per heavy atom. The molecule has 4 nitrogen and oxygen atoms in total. The minimum atomic E-state index is -0.988. The number of aliphatic carboxylic acids is 1. The van der Waals surface area contributed by atoms with E-state index in [0.717, 1.165) is 27.8 Å². The first-order valence-corrected chi connectivity index (χ1v) is 9.70. The van der Waals surface area contributed by atoms with Crippen molar-refractivity contribution in [3.05, 3.63) is 95.1 Å². The molecule has 3 aromatic carbocycles. The van der Waals surface area contributed by atoms with Crippen LogP contribution in [0.5, 0.6) is 0 Å². The largest absolute Gasteiger partial charge is 0.480 e. The zero-order chi connectivity index (χ0) is 21.0. The molecule has 0 heterocycles. The molecular formula is C25H27NO3. The third kappa shape index (κ3) is 5.11. The van der Waals surface area contributed by atoms with E-state index >= 15 is 0 Å². The van der Waals surface area contributed by atoms with Crippen molar-refractivity contribution in [1.82, 2.24) is 4.90 Å². The van der Waals surface area contributed by atoms with Crippen molar-refractivity contribution in [2.24, 2.45) is 0 Å². The van der Waals surface area contributed by atoms with E-state index in [2.05, 4.69) is 0 Å². The fraction of sp³-hybridized carbons (Fsp3) is 0.240. The third-order valence-electron chi connectivity index (χ3n) is 5.19. The minimum absolute atomic E-state index is 0.308. The highest BCUT2D eigenvalue weighted by Gasteiger charge is 2.28. The Bertz CT molecular complexity index is 947. The Balaban J connectivity index is 1.78. The van der Waals surface area contributed by atoms with Gasteiger partial charge in [-0.15, -0.1) is 0 Å². The summed E-state index contributed by atoms with van der Waals surface area (Å²) >= 11 is 0. The molecule has 150 valence electrons. The Morgan fingerprint density at radius 2 is 1.45 bits per heavy atom. The maximum atomic E-state index is 12.0. The molecule has 2 atom stereocenters. The highest BCUT2D eigenvalue weighted by atomic mass is 16.4. The van der Waals surface area contributed by atoms with E-state index in [1.807, 2.05) is 86.6 Å². The fourth-order valence-corrected chi connectivity index (χ4v) is 3.66. The van der Waals surface area contributed by atoms with Crippen LogP contribution < -0.4 is 0 Å². The molecule has 0 spiro atoms. The summed E-state index contributed by atoms with van der Waals surface area (Å²) in [7, 11) is 1.65. The number of hydrogen-bond donors (Lipinski definition) is 2. The average molecular weight is 389 g/mol. The van der Waals surface area contributed by atoms with Crippen LogP contribution in [0.25, 0.3) is 11.1 Å². The summed E-state index contributed by atoms with van der Waals surface area (Å²) < 4.78 is 0. The molecule has 0 amide bonds. The monoisotopic (exact) mass is 389 g/mol. The molecule has 0 aliphatic heterocycles. The number of carbonyl (C=O) groups is 1. The van der Waals surface area contributed by atoms with Gasteiger partial charge in [0.15, 0.2) is 0 Å². The summed E-state index contributed by atoms with van der Waals surface area (Å²) in [6, 6.07) is 22.9. The van der Waals surface area contributed by atoms with Gasteiger partial charge in [-0.2, -0.15) is 0 Å². The van der Waals surface area contributed by atoms with Gasteiger partial charge in [0.05, 0.1) is 0 Å². The van der Waals surface area contributed by atoms with Gasteiger partial charge in [0.2, 0.25) is 0 Å². The van der Waals surface area contributed by atoms with Crippen LogP contribution in [0.2, 0.25) is 0 Å². The lowest BCUT2D eigenvalue weighted by molar-refractivity contribution is -0.147. The molecule has 0 aromatic heterocycles. The first kappa shape index (κ1) is 20.8. The molecule has 2 unspecified atom stereocenters. The molecule has 29 heavy (non-hydrogen) atoms. The molecule has 3 aromatic rings. The SMILES string of the molecule is Cc1cc(C)cc(C(O)N(C)C(Cc2ccc(-c3ccccc3)cc2)C(=O)O)c1. The Hall–Kier alpha value is -2.95. The van der Waals surface area contributed by atoms with Crippen LogP contribution in [0.1, 0.15) is 28.5 Å².